The molecule has 4 heteroatoms. The van der Waals surface area contributed by atoms with Gasteiger partial charge in [-0.1, -0.05) is 27.7 Å². The van der Waals surface area contributed by atoms with Crippen molar-refractivity contribution in [2.75, 3.05) is 7.11 Å². The molecule has 0 bridgehead atoms. The Bertz CT molecular complexity index is 746. The van der Waals surface area contributed by atoms with Crippen LogP contribution < -0.4 is 10.5 Å². The van der Waals surface area contributed by atoms with Gasteiger partial charge in [-0.05, 0) is 68.2 Å². The average molecular weight is 370 g/mol. The number of methoxy groups -OCH3 is 1. The zero-order valence-corrected chi connectivity index (χ0v) is 17.6. The second-order valence-corrected chi connectivity index (χ2v) is 7.66. The standard InChI is InChI=1S/C23H35N3O/c1-6-17(7-2)26-20(9-4)22(25-19(8-3)23(26)24)18-13-15-11-10-12-16(15)14-21(18)27-5/h13-14,17,20H,6-12,24H2,1-5H3. The molecule has 1 heterocycles. The van der Waals surface area contributed by atoms with Crippen molar-refractivity contribution in [2.45, 2.75) is 84.7 Å². The van der Waals surface area contributed by atoms with E-state index in [1.807, 2.05) is 0 Å². The summed E-state index contributed by atoms with van der Waals surface area (Å²) in [7, 11) is 1.77. The number of hydrogen-bond acceptors (Lipinski definition) is 4. The van der Waals surface area contributed by atoms with E-state index in [0.717, 1.165) is 67.1 Å². The number of rotatable bonds is 7. The molecule has 0 fully saturated rings. The molecular weight excluding hydrogens is 334 g/mol. The number of allylic oxidation sites excluding steroid dienone is 1. The number of benzene rings is 1. The molecule has 2 N–H and O–H groups in total. The Balaban J connectivity index is 2.16. The van der Waals surface area contributed by atoms with Crippen LogP contribution in [0.2, 0.25) is 0 Å². The van der Waals surface area contributed by atoms with Gasteiger partial charge in [-0.25, -0.2) is 0 Å². The van der Waals surface area contributed by atoms with Gasteiger partial charge in [0.2, 0.25) is 0 Å². The predicted octanol–water partition coefficient (Wildman–Crippen LogP) is 4.79. The third-order valence-electron chi connectivity index (χ3n) is 6.23. The van der Waals surface area contributed by atoms with Crippen LogP contribution in [0.4, 0.5) is 0 Å². The maximum absolute atomic E-state index is 6.62. The van der Waals surface area contributed by atoms with E-state index in [1.54, 1.807) is 7.11 Å². The predicted molar refractivity (Wildman–Crippen MR) is 113 cm³/mol. The van der Waals surface area contributed by atoms with E-state index in [4.69, 9.17) is 15.5 Å². The maximum Gasteiger partial charge on any atom is 0.128 e. The number of fused-ring (bicyclic) bond motifs is 1. The Morgan fingerprint density at radius 2 is 1.81 bits per heavy atom. The SMILES string of the molecule is CCC1=C(N)N(C(CC)CC)C(CC)C(c2cc3c(cc2OC)CCC3)=N1. The first-order chi connectivity index (χ1) is 13.1. The summed E-state index contributed by atoms with van der Waals surface area (Å²) in [5.74, 6) is 1.81. The molecule has 1 aliphatic carbocycles. The molecule has 0 amide bonds. The maximum atomic E-state index is 6.62. The quantitative estimate of drug-likeness (QED) is 0.751. The van der Waals surface area contributed by atoms with E-state index in [9.17, 15) is 0 Å². The van der Waals surface area contributed by atoms with Crippen molar-refractivity contribution >= 4 is 5.71 Å². The molecule has 1 aromatic rings. The lowest BCUT2D eigenvalue weighted by Gasteiger charge is -2.43. The van der Waals surface area contributed by atoms with E-state index >= 15 is 0 Å². The van der Waals surface area contributed by atoms with Gasteiger partial charge in [0.15, 0.2) is 0 Å². The molecule has 0 aromatic heterocycles. The Labute approximate surface area is 164 Å². The van der Waals surface area contributed by atoms with Crippen LogP contribution in [0, 0.1) is 0 Å². The lowest BCUT2D eigenvalue weighted by molar-refractivity contribution is 0.198. The largest absolute Gasteiger partial charge is 0.496 e. The summed E-state index contributed by atoms with van der Waals surface area (Å²) < 4.78 is 5.81. The summed E-state index contributed by atoms with van der Waals surface area (Å²) in [6.45, 7) is 8.88. The van der Waals surface area contributed by atoms with Crippen LogP contribution >= 0.6 is 0 Å². The molecule has 0 saturated heterocycles. The van der Waals surface area contributed by atoms with Crippen molar-refractivity contribution in [3.05, 3.63) is 40.3 Å². The van der Waals surface area contributed by atoms with Crippen LogP contribution in [0.1, 0.15) is 76.5 Å². The number of nitrogens with two attached hydrogens (primary N) is 1. The Morgan fingerprint density at radius 1 is 1.15 bits per heavy atom. The molecule has 0 spiro atoms. The number of ether oxygens (including phenoxy) is 1. The fourth-order valence-corrected chi connectivity index (χ4v) is 4.72. The van der Waals surface area contributed by atoms with Crippen LogP contribution in [0.25, 0.3) is 0 Å². The summed E-state index contributed by atoms with van der Waals surface area (Å²) in [4.78, 5) is 7.53. The second kappa shape index (κ2) is 8.37. The Kier molecular flexibility index (Phi) is 6.13. The highest BCUT2D eigenvalue weighted by Gasteiger charge is 2.35. The van der Waals surface area contributed by atoms with Gasteiger partial charge in [-0.2, -0.15) is 0 Å². The molecule has 1 aliphatic heterocycles. The van der Waals surface area contributed by atoms with Gasteiger partial charge >= 0.3 is 0 Å². The van der Waals surface area contributed by atoms with Crippen molar-refractivity contribution in [3.63, 3.8) is 0 Å². The van der Waals surface area contributed by atoms with Crippen LogP contribution in [0.15, 0.2) is 28.6 Å². The summed E-state index contributed by atoms with van der Waals surface area (Å²) in [6, 6.07) is 5.20. The Morgan fingerprint density at radius 3 is 2.37 bits per heavy atom. The average Bonchev–Trinajstić information content (AvgIpc) is 3.16. The van der Waals surface area contributed by atoms with Crippen molar-refractivity contribution in [1.29, 1.82) is 0 Å². The van der Waals surface area contributed by atoms with Gasteiger partial charge in [0.05, 0.1) is 24.6 Å². The van der Waals surface area contributed by atoms with Gasteiger partial charge in [-0.15, -0.1) is 0 Å². The first-order valence-corrected chi connectivity index (χ1v) is 10.6. The normalized spacial score (nSPS) is 19.6. The first-order valence-electron chi connectivity index (χ1n) is 10.6. The van der Waals surface area contributed by atoms with Crippen molar-refractivity contribution in [2.24, 2.45) is 10.7 Å². The highest BCUT2D eigenvalue weighted by atomic mass is 16.5. The molecule has 1 aromatic carbocycles. The molecule has 0 saturated carbocycles. The summed E-state index contributed by atoms with van der Waals surface area (Å²) in [6.07, 6.45) is 7.54. The fraction of sp³-hybridized carbons (Fsp3) is 0.609. The molecule has 3 rings (SSSR count). The number of nitrogens with zero attached hydrogens (tertiary/aromatic N) is 2. The van der Waals surface area contributed by atoms with Crippen molar-refractivity contribution in [3.8, 4) is 5.75 Å². The molecule has 0 radical (unpaired) electrons. The summed E-state index contributed by atoms with van der Waals surface area (Å²) >= 11 is 0. The summed E-state index contributed by atoms with van der Waals surface area (Å²) in [5.41, 5.74) is 12.8. The smallest absolute Gasteiger partial charge is 0.128 e. The topological polar surface area (TPSA) is 50.8 Å². The van der Waals surface area contributed by atoms with Crippen molar-refractivity contribution in [1.82, 2.24) is 4.90 Å². The molecule has 27 heavy (non-hydrogen) atoms. The summed E-state index contributed by atoms with van der Waals surface area (Å²) in [5, 5.41) is 0. The van der Waals surface area contributed by atoms with E-state index in [2.05, 4.69) is 44.7 Å². The number of aliphatic imine (C=N–C) groups is 1. The number of aryl methyl sites for hydroxylation is 2. The van der Waals surface area contributed by atoms with Crippen LogP contribution in [-0.2, 0) is 12.8 Å². The Hall–Kier alpha value is -1.97. The van der Waals surface area contributed by atoms with Gasteiger partial charge in [-0.3, -0.25) is 4.99 Å². The minimum absolute atomic E-state index is 0.193. The minimum Gasteiger partial charge on any atom is -0.496 e. The third-order valence-corrected chi connectivity index (χ3v) is 6.23. The molecule has 1 atom stereocenters. The highest BCUT2D eigenvalue weighted by Crippen LogP contribution is 2.35. The molecular formula is C23H35N3O. The van der Waals surface area contributed by atoms with Crippen LogP contribution in [-0.4, -0.2) is 29.8 Å². The van der Waals surface area contributed by atoms with E-state index < -0.39 is 0 Å². The fourth-order valence-electron chi connectivity index (χ4n) is 4.72. The van der Waals surface area contributed by atoms with E-state index in [-0.39, 0.29) is 6.04 Å². The second-order valence-electron chi connectivity index (χ2n) is 7.66. The van der Waals surface area contributed by atoms with Crippen LogP contribution in [0.3, 0.4) is 0 Å². The zero-order valence-electron chi connectivity index (χ0n) is 17.6. The molecule has 148 valence electrons. The lowest BCUT2D eigenvalue weighted by atomic mass is 9.92. The third kappa shape index (κ3) is 3.46. The van der Waals surface area contributed by atoms with Crippen molar-refractivity contribution < 1.29 is 4.74 Å². The monoisotopic (exact) mass is 369 g/mol. The molecule has 2 aliphatic rings. The highest BCUT2D eigenvalue weighted by molar-refractivity contribution is 6.08. The first kappa shape index (κ1) is 19.8. The van der Waals surface area contributed by atoms with Gasteiger partial charge in [0.25, 0.3) is 0 Å². The zero-order chi connectivity index (χ0) is 19.6. The van der Waals surface area contributed by atoms with Gasteiger partial charge in [0, 0.05) is 11.6 Å². The minimum atomic E-state index is 0.193. The van der Waals surface area contributed by atoms with Gasteiger partial charge in [0.1, 0.15) is 11.6 Å². The lowest BCUT2D eigenvalue weighted by Crippen LogP contribution is -2.51. The van der Waals surface area contributed by atoms with E-state index in [1.165, 1.54) is 17.5 Å². The number of hydrogen-bond donors (Lipinski definition) is 1. The molecule has 1 unspecified atom stereocenters. The van der Waals surface area contributed by atoms with E-state index in [0.29, 0.717) is 6.04 Å². The van der Waals surface area contributed by atoms with Crippen LogP contribution in [0.5, 0.6) is 5.75 Å². The molecule has 4 nitrogen and oxygen atoms in total. The van der Waals surface area contributed by atoms with Gasteiger partial charge < -0.3 is 15.4 Å².